The number of rotatable bonds is 0. The molecule has 0 N–H and O–H groups in total. The number of hydrazone groups is 1. The van der Waals surface area contributed by atoms with Crippen LogP contribution in [0, 0.1) is 0 Å². The van der Waals surface area contributed by atoms with Crippen LogP contribution in [0.5, 0.6) is 0 Å². The Bertz CT molecular complexity index is 288. The highest BCUT2D eigenvalue weighted by Crippen LogP contribution is 2.28. The second kappa shape index (κ2) is 2.96. The Hall–Kier alpha value is -1.07. The number of amides is 1. The number of carbonyl (C=O) groups is 1. The monoisotopic (exact) mass is 208 g/mol. The molecule has 80 valence electrons. The van der Waals surface area contributed by atoms with Gasteiger partial charge in [-0.3, -0.25) is 4.79 Å². The molecule has 3 nitrogen and oxygen atoms in total. The zero-order chi connectivity index (χ0) is 11.1. The summed E-state index contributed by atoms with van der Waals surface area (Å²) in [5.41, 5.74) is -1.72. The standard InChI is InChI=1S/C8H11F3N2O/c1-7(2,3)13-6(14)4-5(12-13)8(9,10)11/h4H2,1-3H3. The van der Waals surface area contributed by atoms with Gasteiger partial charge in [0.05, 0.1) is 12.0 Å². The van der Waals surface area contributed by atoms with Crippen LogP contribution in [0.3, 0.4) is 0 Å². The maximum absolute atomic E-state index is 12.2. The zero-order valence-electron chi connectivity index (χ0n) is 8.14. The van der Waals surface area contributed by atoms with Gasteiger partial charge in [0, 0.05) is 0 Å². The van der Waals surface area contributed by atoms with E-state index in [1.54, 1.807) is 20.8 Å². The molecule has 0 saturated carbocycles. The average molecular weight is 208 g/mol. The van der Waals surface area contributed by atoms with E-state index in [0.717, 1.165) is 5.01 Å². The van der Waals surface area contributed by atoms with Gasteiger partial charge < -0.3 is 0 Å². The Morgan fingerprint density at radius 2 is 1.79 bits per heavy atom. The molecule has 1 rings (SSSR count). The third-order valence-corrected chi connectivity index (χ3v) is 1.74. The van der Waals surface area contributed by atoms with Crippen molar-refractivity contribution in [3.05, 3.63) is 0 Å². The molecule has 0 saturated heterocycles. The number of hydrogen-bond donors (Lipinski definition) is 0. The first kappa shape index (κ1) is 11.0. The Morgan fingerprint density at radius 1 is 1.29 bits per heavy atom. The molecule has 0 aromatic heterocycles. The Labute approximate surface area is 79.6 Å². The molecule has 1 amide bonds. The van der Waals surface area contributed by atoms with E-state index in [9.17, 15) is 18.0 Å². The van der Waals surface area contributed by atoms with E-state index < -0.39 is 29.8 Å². The molecule has 0 fully saturated rings. The van der Waals surface area contributed by atoms with Crippen LogP contribution < -0.4 is 0 Å². The molecule has 6 heteroatoms. The van der Waals surface area contributed by atoms with Gasteiger partial charge in [-0.15, -0.1) is 0 Å². The van der Waals surface area contributed by atoms with Crippen molar-refractivity contribution in [2.45, 2.75) is 38.9 Å². The fourth-order valence-electron chi connectivity index (χ4n) is 1.11. The van der Waals surface area contributed by atoms with E-state index in [1.165, 1.54) is 0 Å². The summed E-state index contributed by atoms with van der Waals surface area (Å²) < 4.78 is 36.6. The van der Waals surface area contributed by atoms with Crippen LogP contribution in [0.15, 0.2) is 5.10 Å². The predicted octanol–water partition coefficient (Wildman–Crippen LogP) is 1.94. The van der Waals surface area contributed by atoms with Crippen molar-refractivity contribution >= 4 is 11.6 Å². The number of halogens is 3. The molecule has 14 heavy (non-hydrogen) atoms. The third kappa shape index (κ3) is 2.05. The van der Waals surface area contributed by atoms with Crippen molar-refractivity contribution in [1.82, 2.24) is 5.01 Å². The minimum atomic E-state index is -4.50. The third-order valence-electron chi connectivity index (χ3n) is 1.74. The summed E-state index contributed by atoms with van der Waals surface area (Å²) >= 11 is 0. The summed E-state index contributed by atoms with van der Waals surface area (Å²) in [6, 6.07) is 0. The molecular formula is C8H11F3N2O. The summed E-state index contributed by atoms with van der Waals surface area (Å²) in [6.07, 6.45) is -5.16. The number of carbonyl (C=O) groups excluding carboxylic acids is 1. The van der Waals surface area contributed by atoms with Crippen LogP contribution in [0.25, 0.3) is 0 Å². The van der Waals surface area contributed by atoms with Crippen LogP contribution >= 0.6 is 0 Å². The lowest BCUT2D eigenvalue weighted by Gasteiger charge is -2.27. The van der Waals surface area contributed by atoms with Crippen molar-refractivity contribution in [1.29, 1.82) is 0 Å². The van der Waals surface area contributed by atoms with Gasteiger partial charge in [-0.25, -0.2) is 5.01 Å². The van der Waals surface area contributed by atoms with E-state index in [0.29, 0.717) is 0 Å². The summed E-state index contributed by atoms with van der Waals surface area (Å²) in [5.74, 6) is -0.607. The van der Waals surface area contributed by atoms with Crippen LogP contribution in [-0.2, 0) is 4.79 Å². The first-order valence-corrected chi connectivity index (χ1v) is 4.10. The van der Waals surface area contributed by atoms with Gasteiger partial charge in [0.25, 0.3) is 0 Å². The summed E-state index contributed by atoms with van der Waals surface area (Å²) in [4.78, 5) is 11.2. The van der Waals surface area contributed by atoms with Gasteiger partial charge in [-0.2, -0.15) is 18.3 Å². The van der Waals surface area contributed by atoms with E-state index in [-0.39, 0.29) is 0 Å². The highest BCUT2D eigenvalue weighted by Gasteiger charge is 2.44. The van der Waals surface area contributed by atoms with E-state index in [1.807, 2.05) is 0 Å². The SMILES string of the molecule is CC(C)(C)N1N=C(C(F)(F)F)CC1=O. The molecule has 0 spiro atoms. The lowest BCUT2D eigenvalue weighted by molar-refractivity contribution is -0.133. The summed E-state index contributed by atoms with van der Waals surface area (Å²) in [5, 5.41) is 4.17. The molecule has 1 aliphatic heterocycles. The second-order valence-electron chi connectivity index (χ2n) is 4.10. The van der Waals surface area contributed by atoms with Gasteiger partial charge in [0.2, 0.25) is 5.91 Å². The topological polar surface area (TPSA) is 32.7 Å². The first-order valence-electron chi connectivity index (χ1n) is 4.10. The Kier molecular flexibility index (Phi) is 2.33. The van der Waals surface area contributed by atoms with E-state index >= 15 is 0 Å². The quantitative estimate of drug-likeness (QED) is 0.598. The van der Waals surface area contributed by atoms with Crippen molar-refractivity contribution in [3.8, 4) is 0 Å². The number of hydrogen-bond acceptors (Lipinski definition) is 2. The highest BCUT2D eigenvalue weighted by molar-refractivity contribution is 6.07. The molecule has 0 aliphatic carbocycles. The molecule has 0 unspecified atom stereocenters. The largest absolute Gasteiger partial charge is 0.431 e. The molecule has 1 aliphatic rings. The first-order chi connectivity index (χ1) is 6.12. The second-order valence-corrected chi connectivity index (χ2v) is 4.10. The fourth-order valence-corrected chi connectivity index (χ4v) is 1.11. The molecule has 0 aromatic rings. The average Bonchev–Trinajstić information content (AvgIpc) is 2.27. The Morgan fingerprint density at radius 3 is 2.00 bits per heavy atom. The lowest BCUT2D eigenvalue weighted by atomic mass is 10.1. The van der Waals surface area contributed by atoms with Gasteiger partial charge in [0.15, 0.2) is 5.71 Å². The van der Waals surface area contributed by atoms with Crippen molar-refractivity contribution in [3.63, 3.8) is 0 Å². The van der Waals surface area contributed by atoms with Crippen molar-refractivity contribution in [2.24, 2.45) is 5.10 Å². The smallest absolute Gasteiger partial charge is 0.272 e. The van der Waals surface area contributed by atoms with Crippen LogP contribution in [0.2, 0.25) is 0 Å². The molecule has 0 atom stereocenters. The number of nitrogens with zero attached hydrogens (tertiary/aromatic N) is 2. The molecule has 0 aromatic carbocycles. The van der Waals surface area contributed by atoms with Gasteiger partial charge in [-0.05, 0) is 20.8 Å². The molecule has 0 bridgehead atoms. The summed E-state index contributed by atoms with van der Waals surface area (Å²) in [7, 11) is 0. The van der Waals surface area contributed by atoms with Gasteiger partial charge in [-0.1, -0.05) is 0 Å². The minimum absolute atomic E-state index is 0.607. The number of alkyl halides is 3. The Balaban J connectivity index is 2.94. The maximum Gasteiger partial charge on any atom is 0.431 e. The van der Waals surface area contributed by atoms with Crippen LogP contribution in [0.4, 0.5) is 13.2 Å². The van der Waals surface area contributed by atoms with Crippen LogP contribution in [0.1, 0.15) is 27.2 Å². The van der Waals surface area contributed by atoms with E-state index in [2.05, 4.69) is 5.10 Å². The van der Waals surface area contributed by atoms with Gasteiger partial charge >= 0.3 is 6.18 Å². The maximum atomic E-state index is 12.2. The predicted molar refractivity (Wildman–Crippen MR) is 44.7 cm³/mol. The van der Waals surface area contributed by atoms with Gasteiger partial charge in [0.1, 0.15) is 0 Å². The molecule has 0 radical (unpaired) electrons. The van der Waals surface area contributed by atoms with E-state index in [4.69, 9.17) is 0 Å². The van der Waals surface area contributed by atoms with Crippen LogP contribution in [-0.4, -0.2) is 28.3 Å². The molecule has 1 heterocycles. The zero-order valence-corrected chi connectivity index (χ0v) is 8.14. The fraction of sp³-hybridized carbons (Fsp3) is 0.750. The highest BCUT2D eigenvalue weighted by atomic mass is 19.4. The minimum Gasteiger partial charge on any atom is -0.272 e. The molecular weight excluding hydrogens is 197 g/mol. The summed E-state index contributed by atoms with van der Waals surface area (Å²) in [6.45, 7) is 4.90. The lowest BCUT2D eigenvalue weighted by Crippen LogP contribution is -2.38. The normalized spacial score (nSPS) is 18.9. The van der Waals surface area contributed by atoms with Crippen molar-refractivity contribution < 1.29 is 18.0 Å². The van der Waals surface area contributed by atoms with Crippen molar-refractivity contribution in [2.75, 3.05) is 0 Å².